The molecule has 0 spiro atoms. The van der Waals surface area contributed by atoms with Crippen molar-refractivity contribution in [1.29, 1.82) is 0 Å². The van der Waals surface area contributed by atoms with E-state index < -0.39 is 34.0 Å². The summed E-state index contributed by atoms with van der Waals surface area (Å²) < 4.78 is 24.6. The second kappa shape index (κ2) is 7.44. The number of aliphatic carboxylic acids is 1. The zero-order valence-corrected chi connectivity index (χ0v) is 12.5. The SMILES string of the molecule is CCC(NC(=O)C(CC(C)C)NS(C)(=O)=O)C(=O)O. The van der Waals surface area contributed by atoms with Gasteiger partial charge in [0.1, 0.15) is 12.1 Å². The number of amides is 1. The lowest BCUT2D eigenvalue weighted by molar-refractivity contribution is -0.142. The molecule has 0 saturated heterocycles. The van der Waals surface area contributed by atoms with Gasteiger partial charge in [-0.25, -0.2) is 17.9 Å². The molecule has 8 heteroatoms. The number of hydrogen-bond acceptors (Lipinski definition) is 4. The van der Waals surface area contributed by atoms with E-state index in [1.807, 2.05) is 13.8 Å². The van der Waals surface area contributed by atoms with E-state index in [9.17, 15) is 18.0 Å². The van der Waals surface area contributed by atoms with E-state index in [0.717, 1.165) is 6.26 Å². The van der Waals surface area contributed by atoms with Gasteiger partial charge in [0.25, 0.3) is 0 Å². The fraction of sp³-hybridized carbons (Fsp3) is 0.818. The van der Waals surface area contributed by atoms with Crippen molar-refractivity contribution >= 4 is 21.9 Å². The van der Waals surface area contributed by atoms with Crippen LogP contribution < -0.4 is 10.0 Å². The van der Waals surface area contributed by atoms with Crippen molar-refractivity contribution in [2.45, 2.75) is 45.7 Å². The maximum absolute atomic E-state index is 11.9. The Morgan fingerprint density at radius 3 is 2.05 bits per heavy atom. The number of rotatable bonds is 8. The molecular formula is C11H22N2O5S. The molecule has 0 aliphatic rings. The topological polar surface area (TPSA) is 113 Å². The molecule has 0 fully saturated rings. The molecule has 2 atom stereocenters. The van der Waals surface area contributed by atoms with Crippen LogP contribution in [-0.2, 0) is 19.6 Å². The maximum atomic E-state index is 11.9. The number of nitrogens with one attached hydrogen (secondary N) is 2. The third-order valence-electron chi connectivity index (χ3n) is 2.40. The van der Waals surface area contributed by atoms with E-state index in [0.29, 0.717) is 6.42 Å². The summed E-state index contributed by atoms with van der Waals surface area (Å²) in [4.78, 5) is 22.8. The lowest BCUT2D eigenvalue weighted by Gasteiger charge is -2.21. The normalized spacial score (nSPS) is 15.0. The summed E-state index contributed by atoms with van der Waals surface area (Å²) in [6.07, 6.45) is 1.49. The van der Waals surface area contributed by atoms with Gasteiger partial charge < -0.3 is 10.4 Å². The Labute approximate surface area is 113 Å². The summed E-state index contributed by atoms with van der Waals surface area (Å²) >= 11 is 0. The van der Waals surface area contributed by atoms with E-state index in [1.54, 1.807) is 6.92 Å². The summed E-state index contributed by atoms with van der Waals surface area (Å²) in [5.41, 5.74) is 0. The molecule has 2 unspecified atom stereocenters. The highest BCUT2D eigenvalue weighted by molar-refractivity contribution is 7.88. The highest BCUT2D eigenvalue weighted by Crippen LogP contribution is 2.07. The first-order valence-electron chi connectivity index (χ1n) is 6.07. The van der Waals surface area contributed by atoms with Crippen LogP contribution in [0.3, 0.4) is 0 Å². The predicted molar refractivity (Wildman–Crippen MR) is 71.1 cm³/mol. The second-order valence-corrected chi connectivity index (χ2v) is 6.66. The Bertz CT molecular complexity index is 419. The van der Waals surface area contributed by atoms with Crippen LogP contribution in [0.5, 0.6) is 0 Å². The Hall–Kier alpha value is -1.15. The Morgan fingerprint density at radius 2 is 1.74 bits per heavy atom. The maximum Gasteiger partial charge on any atom is 0.326 e. The summed E-state index contributed by atoms with van der Waals surface area (Å²) in [6, 6.07) is -1.97. The standard InChI is InChI=1S/C11H22N2O5S/c1-5-8(11(15)16)12-10(14)9(6-7(2)3)13-19(4,17)18/h7-9,13H,5-6H2,1-4H3,(H,12,14)(H,15,16). The van der Waals surface area contributed by atoms with Crippen LogP contribution in [0.1, 0.15) is 33.6 Å². The molecule has 3 N–H and O–H groups in total. The molecular weight excluding hydrogens is 272 g/mol. The molecule has 0 aromatic heterocycles. The third-order valence-corrected chi connectivity index (χ3v) is 3.12. The fourth-order valence-corrected chi connectivity index (χ4v) is 2.27. The fourth-order valence-electron chi connectivity index (χ4n) is 1.55. The van der Waals surface area contributed by atoms with Gasteiger partial charge in [-0.15, -0.1) is 0 Å². The molecule has 0 radical (unpaired) electrons. The first-order chi connectivity index (χ1) is 8.56. The summed E-state index contributed by atoms with van der Waals surface area (Å²) in [6.45, 7) is 5.32. The van der Waals surface area contributed by atoms with Crippen LogP contribution in [0.4, 0.5) is 0 Å². The summed E-state index contributed by atoms with van der Waals surface area (Å²) in [5, 5.41) is 11.2. The molecule has 19 heavy (non-hydrogen) atoms. The minimum Gasteiger partial charge on any atom is -0.480 e. The van der Waals surface area contributed by atoms with Crippen molar-refractivity contribution in [1.82, 2.24) is 10.0 Å². The summed E-state index contributed by atoms with van der Waals surface area (Å²) in [5.74, 6) is -1.67. The molecule has 0 heterocycles. The van der Waals surface area contributed by atoms with E-state index in [-0.39, 0.29) is 12.3 Å². The van der Waals surface area contributed by atoms with Crippen molar-refractivity contribution in [2.75, 3.05) is 6.26 Å². The monoisotopic (exact) mass is 294 g/mol. The Balaban J connectivity index is 4.85. The molecule has 0 aliphatic carbocycles. The average Bonchev–Trinajstić information content (AvgIpc) is 2.21. The van der Waals surface area contributed by atoms with Gasteiger partial charge in [0.05, 0.1) is 6.26 Å². The second-order valence-electron chi connectivity index (χ2n) is 4.88. The molecule has 0 saturated carbocycles. The highest BCUT2D eigenvalue weighted by Gasteiger charge is 2.26. The molecule has 0 aromatic rings. The van der Waals surface area contributed by atoms with E-state index in [1.165, 1.54) is 0 Å². The van der Waals surface area contributed by atoms with Crippen molar-refractivity contribution in [3.63, 3.8) is 0 Å². The van der Waals surface area contributed by atoms with Crippen molar-refractivity contribution in [2.24, 2.45) is 5.92 Å². The molecule has 0 aromatic carbocycles. The minimum absolute atomic E-state index is 0.0925. The zero-order valence-electron chi connectivity index (χ0n) is 11.6. The van der Waals surface area contributed by atoms with Gasteiger partial charge in [-0.05, 0) is 18.8 Å². The van der Waals surface area contributed by atoms with Crippen molar-refractivity contribution < 1.29 is 23.1 Å². The van der Waals surface area contributed by atoms with E-state index in [2.05, 4.69) is 10.0 Å². The first kappa shape index (κ1) is 17.8. The average molecular weight is 294 g/mol. The van der Waals surface area contributed by atoms with E-state index in [4.69, 9.17) is 5.11 Å². The van der Waals surface area contributed by atoms with Gasteiger partial charge in [0, 0.05) is 0 Å². The molecule has 0 aliphatic heterocycles. The van der Waals surface area contributed by atoms with Crippen LogP contribution in [0.25, 0.3) is 0 Å². The number of hydrogen-bond donors (Lipinski definition) is 3. The minimum atomic E-state index is -3.54. The number of carboxylic acid groups (broad SMARTS) is 1. The van der Waals surface area contributed by atoms with Crippen LogP contribution in [0.2, 0.25) is 0 Å². The van der Waals surface area contributed by atoms with Gasteiger partial charge in [0.2, 0.25) is 15.9 Å². The number of carbonyl (C=O) groups is 2. The Kier molecular flexibility index (Phi) is 6.99. The van der Waals surface area contributed by atoms with Gasteiger partial charge >= 0.3 is 5.97 Å². The van der Waals surface area contributed by atoms with Crippen LogP contribution in [0, 0.1) is 5.92 Å². The van der Waals surface area contributed by atoms with Crippen LogP contribution in [0.15, 0.2) is 0 Å². The zero-order chi connectivity index (χ0) is 15.2. The molecule has 7 nitrogen and oxygen atoms in total. The van der Waals surface area contributed by atoms with Gasteiger partial charge in [-0.3, -0.25) is 4.79 Å². The lowest BCUT2D eigenvalue weighted by atomic mass is 10.0. The smallest absolute Gasteiger partial charge is 0.326 e. The number of carbonyl (C=O) groups excluding carboxylic acids is 1. The van der Waals surface area contributed by atoms with Gasteiger partial charge in [-0.1, -0.05) is 20.8 Å². The lowest BCUT2D eigenvalue weighted by Crippen LogP contribution is -2.51. The summed E-state index contributed by atoms with van der Waals surface area (Å²) in [7, 11) is -3.54. The van der Waals surface area contributed by atoms with Crippen molar-refractivity contribution in [3.8, 4) is 0 Å². The molecule has 1 amide bonds. The van der Waals surface area contributed by atoms with E-state index >= 15 is 0 Å². The quantitative estimate of drug-likeness (QED) is 0.580. The predicted octanol–water partition coefficient (Wildman–Crippen LogP) is -0.0703. The molecule has 0 rings (SSSR count). The highest BCUT2D eigenvalue weighted by atomic mass is 32.2. The Morgan fingerprint density at radius 1 is 1.21 bits per heavy atom. The van der Waals surface area contributed by atoms with Gasteiger partial charge in [0.15, 0.2) is 0 Å². The number of carboxylic acids is 1. The molecule has 0 bridgehead atoms. The molecule has 112 valence electrons. The largest absolute Gasteiger partial charge is 0.480 e. The van der Waals surface area contributed by atoms with Crippen molar-refractivity contribution in [3.05, 3.63) is 0 Å². The van der Waals surface area contributed by atoms with Gasteiger partial charge in [-0.2, -0.15) is 0 Å². The third kappa shape index (κ3) is 7.78. The van der Waals surface area contributed by atoms with Crippen LogP contribution in [-0.4, -0.2) is 43.7 Å². The van der Waals surface area contributed by atoms with Crippen LogP contribution >= 0.6 is 0 Å². The number of sulfonamides is 1. The first-order valence-corrected chi connectivity index (χ1v) is 7.96.